The third-order valence-corrected chi connectivity index (χ3v) is 3.06. The van der Waals surface area contributed by atoms with Crippen molar-refractivity contribution in [2.24, 2.45) is 5.92 Å². The second-order valence-electron chi connectivity index (χ2n) is 5.38. The van der Waals surface area contributed by atoms with Crippen LogP contribution in [0.3, 0.4) is 0 Å². The molecule has 0 atom stereocenters. The van der Waals surface area contributed by atoms with Gasteiger partial charge in [0.15, 0.2) is 0 Å². The molecule has 0 bridgehead atoms. The summed E-state index contributed by atoms with van der Waals surface area (Å²) in [5.74, 6) is 0.516. The fourth-order valence-electron chi connectivity index (χ4n) is 2.09. The minimum atomic E-state index is 0.516. The Balaban J connectivity index is 2.41. The summed E-state index contributed by atoms with van der Waals surface area (Å²) in [6.07, 6.45) is 3.40. The molecule has 0 aliphatic carbocycles. The molecule has 20 heavy (non-hydrogen) atoms. The third kappa shape index (κ3) is 3.36. The molecule has 3 heteroatoms. The number of benzene rings is 1. The number of rotatable bonds is 4. The zero-order valence-corrected chi connectivity index (χ0v) is 12.2. The van der Waals surface area contributed by atoms with Crippen molar-refractivity contribution in [3.8, 4) is 6.07 Å². The summed E-state index contributed by atoms with van der Waals surface area (Å²) in [4.78, 5) is 6.37. The van der Waals surface area contributed by atoms with Crippen molar-refractivity contribution in [1.29, 1.82) is 5.26 Å². The molecule has 1 aromatic carbocycles. The van der Waals surface area contributed by atoms with Gasteiger partial charge in [-0.1, -0.05) is 31.5 Å². The van der Waals surface area contributed by atoms with E-state index in [4.69, 9.17) is 5.26 Å². The number of pyridine rings is 1. The highest BCUT2D eigenvalue weighted by molar-refractivity contribution is 5.64. The van der Waals surface area contributed by atoms with E-state index < -0.39 is 0 Å². The number of nitriles is 1. The average Bonchev–Trinajstić information content (AvgIpc) is 2.46. The lowest BCUT2D eigenvalue weighted by Crippen LogP contribution is -2.22. The Kier molecular flexibility index (Phi) is 4.37. The normalized spacial score (nSPS) is 10.3. The summed E-state index contributed by atoms with van der Waals surface area (Å²) in [5.41, 5.74) is 3.91. The molecule has 0 N–H and O–H groups in total. The van der Waals surface area contributed by atoms with Crippen LogP contribution in [0.1, 0.15) is 25.0 Å². The number of anilines is 2. The second-order valence-corrected chi connectivity index (χ2v) is 5.38. The van der Waals surface area contributed by atoms with Crippen molar-refractivity contribution >= 4 is 11.4 Å². The molecule has 0 saturated carbocycles. The van der Waals surface area contributed by atoms with Crippen molar-refractivity contribution in [2.45, 2.75) is 20.8 Å². The molecule has 0 fully saturated rings. The minimum absolute atomic E-state index is 0.516. The molecule has 0 aliphatic rings. The number of hydrogen-bond acceptors (Lipinski definition) is 3. The molecule has 102 valence electrons. The van der Waals surface area contributed by atoms with Crippen molar-refractivity contribution in [1.82, 2.24) is 4.98 Å². The molecular weight excluding hydrogens is 246 g/mol. The Hall–Kier alpha value is -2.34. The van der Waals surface area contributed by atoms with Crippen LogP contribution in [-0.4, -0.2) is 11.5 Å². The molecule has 0 saturated heterocycles. The number of aromatic nitrogens is 1. The van der Waals surface area contributed by atoms with Gasteiger partial charge in [-0.3, -0.25) is 4.98 Å². The predicted molar refractivity (Wildman–Crippen MR) is 82.0 cm³/mol. The molecule has 3 nitrogen and oxygen atoms in total. The van der Waals surface area contributed by atoms with Gasteiger partial charge in [0.25, 0.3) is 0 Å². The highest BCUT2D eigenvalue weighted by Gasteiger charge is 2.12. The molecule has 2 rings (SSSR count). The first-order valence-corrected chi connectivity index (χ1v) is 6.79. The topological polar surface area (TPSA) is 39.9 Å². The zero-order chi connectivity index (χ0) is 14.5. The summed E-state index contributed by atoms with van der Waals surface area (Å²) in [5, 5.41) is 9.02. The highest BCUT2D eigenvalue weighted by atomic mass is 15.1. The largest absolute Gasteiger partial charge is 0.340 e. The third-order valence-electron chi connectivity index (χ3n) is 3.06. The highest BCUT2D eigenvalue weighted by Crippen LogP contribution is 2.26. The second kappa shape index (κ2) is 6.21. The van der Waals surface area contributed by atoms with E-state index >= 15 is 0 Å². The van der Waals surface area contributed by atoms with Gasteiger partial charge in [-0.25, -0.2) is 0 Å². The van der Waals surface area contributed by atoms with E-state index in [1.54, 1.807) is 6.20 Å². The van der Waals surface area contributed by atoms with E-state index in [0.29, 0.717) is 11.5 Å². The van der Waals surface area contributed by atoms with Crippen LogP contribution in [0.4, 0.5) is 11.4 Å². The van der Waals surface area contributed by atoms with Crippen LogP contribution >= 0.6 is 0 Å². The lowest BCUT2D eigenvalue weighted by atomic mass is 10.1. The van der Waals surface area contributed by atoms with Crippen LogP contribution in [0, 0.1) is 24.2 Å². The van der Waals surface area contributed by atoms with Gasteiger partial charge in [0.2, 0.25) is 0 Å². The van der Waals surface area contributed by atoms with Crippen molar-refractivity contribution in [2.75, 3.05) is 11.4 Å². The van der Waals surface area contributed by atoms with E-state index in [-0.39, 0.29) is 0 Å². The van der Waals surface area contributed by atoms with Crippen LogP contribution in [0.15, 0.2) is 42.7 Å². The number of aryl methyl sites for hydroxylation is 1. The van der Waals surface area contributed by atoms with Gasteiger partial charge < -0.3 is 4.90 Å². The molecule has 0 aliphatic heterocycles. The first-order chi connectivity index (χ1) is 9.60. The van der Waals surface area contributed by atoms with Gasteiger partial charge in [0.1, 0.15) is 6.07 Å². The number of hydrogen-bond donors (Lipinski definition) is 0. The van der Waals surface area contributed by atoms with Crippen LogP contribution < -0.4 is 4.90 Å². The molecule has 1 aromatic heterocycles. The summed E-state index contributed by atoms with van der Waals surface area (Å²) >= 11 is 0. The molecule has 0 radical (unpaired) electrons. The Morgan fingerprint density at radius 3 is 2.45 bits per heavy atom. The Bertz CT molecular complexity index is 609. The average molecular weight is 265 g/mol. The van der Waals surface area contributed by atoms with E-state index in [0.717, 1.165) is 17.9 Å². The van der Waals surface area contributed by atoms with E-state index in [1.165, 1.54) is 5.56 Å². The van der Waals surface area contributed by atoms with Crippen LogP contribution in [-0.2, 0) is 0 Å². The lowest BCUT2D eigenvalue weighted by Gasteiger charge is -2.26. The van der Waals surface area contributed by atoms with E-state index in [1.807, 2.05) is 12.3 Å². The number of nitrogens with zero attached hydrogens (tertiary/aromatic N) is 3. The lowest BCUT2D eigenvalue weighted by molar-refractivity contribution is 0.651. The van der Waals surface area contributed by atoms with Crippen LogP contribution in [0.25, 0.3) is 0 Å². The van der Waals surface area contributed by atoms with E-state index in [9.17, 15) is 0 Å². The summed E-state index contributed by atoms with van der Waals surface area (Å²) in [6.45, 7) is 7.33. The smallest absolute Gasteiger partial charge is 0.101 e. The first-order valence-electron chi connectivity index (χ1n) is 6.79. The Labute approximate surface area is 120 Å². The van der Waals surface area contributed by atoms with Gasteiger partial charge in [-0.05, 0) is 31.0 Å². The van der Waals surface area contributed by atoms with Crippen molar-refractivity contribution in [3.05, 3.63) is 53.9 Å². The molecular formula is C17H19N3. The molecule has 0 unspecified atom stereocenters. The van der Waals surface area contributed by atoms with Gasteiger partial charge >= 0.3 is 0 Å². The van der Waals surface area contributed by atoms with Gasteiger partial charge in [0, 0.05) is 18.4 Å². The van der Waals surface area contributed by atoms with Crippen LogP contribution in [0.5, 0.6) is 0 Å². The SMILES string of the molecule is Cc1ccc(N(CC(C)C)c2cncc(C#N)c2)cc1. The van der Waals surface area contributed by atoms with Crippen molar-refractivity contribution in [3.63, 3.8) is 0 Å². The molecule has 2 aromatic rings. The maximum Gasteiger partial charge on any atom is 0.101 e. The summed E-state index contributed by atoms with van der Waals surface area (Å²) in [6, 6.07) is 12.4. The molecule has 0 spiro atoms. The maximum absolute atomic E-state index is 9.02. The molecule has 1 heterocycles. The maximum atomic E-state index is 9.02. The standard InChI is InChI=1S/C17H19N3/c1-13(2)12-20(16-6-4-14(3)5-7-16)17-8-15(9-18)10-19-11-17/h4-8,10-11,13H,12H2,1-3H3. The fourth-order valence-corrected chi connectivity index (χ4v) is 2.09. The van der Waals surface area contributed by atoms with Gasteiger partial charge in [-0.2, -0.15) is 5.26 Å². The summed E-state index contributed by atoms with van der Waals surface area (Å²) < 4.78 is 0. The summed E-state index contributed by atoms with van der Waals surface area (Å²) in [7, 11) is 0. The van der Waals surface area contributed by atoms with E-state index in [2.05, 4.69) is 61.0 Å². The first kappa shape index (κ1) is 14.1. The minimum Gasteiger partial charge on any atom is -0.340 e. The van der Waals surface area contributed by atoms with Crippen molar-refractivity contribution < 1.29 is 0 Å². The monoisotopic (exact) mass is 265 g/mol. The Morgan fingerprint density at radius 1 is 1.15 bits per heavy atom. The predicted octanol–water partition coefficient (Wildman–Crippen LogP) is 4.06. The van der Waals surface area contributed by atoms with Crippen LogP contribution in [0.2, 0.25) is 0 Å². The quantitative estimate of drug-likeness (QED) is 0.837. The molecule has 0 amide bonds. The zero-order valence-electron chi connectivity index (χ0n) is 12.2. The fraction of sp³-hybridized carbons (Fsp3) is 0.294. The van der Waals surface area contributed by atoms with Gasteiger partial charge in [0.05, 0.1) is 17.4 Å². The van der Waals surface area contributed by atoms with Gasteiger partial charge in [-0.15, -0.1) is 0 Å². The Morgan fingerprint density at radius 2 is 1.85 bits per heavy atom.